The van der Waals surface area contributed by atoms with Crippen LogP contribution in [-0.2, 0) is 16.0 Å². The van der Waals surface area contributed by atoms with Crippen LogP contribution >= 0.6 is 24.0 Å². The molecule has 1 aromatic rings. The van der Waals surface area contributed by atoms with Crippen molar-refractivity contribution >= 4 is 30.0 Å². The first kappa shape index (κ1) is 15.3. The first-order valence-corrected chi connectivity index (χ1v) is 6.20. The van der Waals surface area contributed by atoms with E-state index in [4.69, 9.17) is 22.1 Å². The molecule has 0 spiro atoms. The molecule has 0 unspecified atom stereocenters. The van der Waals surface area contributed by atoms with Crippen LogP contribution in [0.25, 0.3) is 0 Å². The number of carbonyl (C=O) groups excluding carboxylic acids is 1. The Morgan fingerprint density at radius 1 is 1.56 bits per heavy atom. The lowest BCUT2D eigenvalue weighted by Gasteiger charge is -2.28. The van der Waals surface area contributed by atoms with Gasteiger partial charge in [-0.25, -0.2) is 0 Å². The molecular formula is C13H17Cl2NO2. The summed E-state index contributed by atoms with van der Waals surface area (Å²) in [6.45, 7) is 2.23. The molecule has 0 aromatic heterocycles. The SMILES string of the molecule is CCOC(=O)[C@H]1Cc2ccc(Cl)cc2[C@H](N)C1.Cl. The number of halogens is 2. The normalized spacial score (nSPS) is 21.7. The van der Waals surface area contributed by atoms with Crippen LogP contribution in [-0.4, -0.2) is 12.6 Å². The topological polar surface area (TPSA) is 52.3 Å². The molecule has 0 amide bonds. The Morgan fingerprint density at radius 3 is 2.94 bits per heavy atom. The fourth-order valence-corrected chi connectivity index (χ4v) is 2.50. The second-order valence-electron chi connectivity index (χ2n) is 4.34. The predicted molar refractivity (Wildman–Crippen MR) is 74.1 cm³/mol. The smallest absolute Gasteiger partial charge is 0.309 e. The minimum Gasteiger partial charge on any atom is -0.466 e. The lowest BCUT2D eigenvalue weighted by atomic mass is 9.81. The Balaban J connectivity index is 0.00000162. The lowest BCUT2D eigenvalue weighted by molar-refractivity contribution is -0.148. The average Bonchev–Trinajstić information content (AvgIpc) is 2.30. The van der Waals surface area contributed by atoms with Gasteiger partial charge in [-0.15, -0.1) is 12.4 Å². The maximum atomic E-state index is 11.7. The van der Waals surface area contributed by atoms with Gasteiger partial charge in [0.25, 0.3) is 0 Å². The number of rotatable bonds is 2. The van der Waals surface area contributed by atoms with Crippen LogP contribution in [0.2, 0.25) is 5.02 Å². The highest BCUT2D eigenvalue weighted by atomic mass is 35.5. The number of ether oxygens (including phenoxy) is 1. The van der Waals surface area contributed by atoms with Crippen LogP contribution in [0, 0.1) is 5.92 Å². The van der Waals surface area contributed by atoms with Crippen molar-refractivity contribution in [2.45, 2.75) is 25.8 Å². The van der Waals surface area contributed by atoms with E-state index in [9.17, 15) is 4.79 Å². The molecule has 0 saturated carbocycles. The van der Waals surface area contributed by atoms with Crippen molar-refractivity contribution in [3.8, 4) is 0 Å². The van der Waals surface area contributed by atoms with Gasteiger partial charge in [0.2, 0.25) is 0 Å². The van der Waals surface area contributed by atoms with Crippen LogP contribution < -0.4 is 5.73 Å². The zero-order chi connectivity index (χ0) is 12.4. The van der Waals surface area contributed by atoms with E-state index in [1.54, 1.807) is 0 Å². The fraction of sp³-hybridized carbons (Fsp3) is 0.462. The standard InChI is InChI=1S/C13H16ClNO2.ClH/c1-2-17-13(16)9-5-8-3-4-10(14)7-11(8)12(15)6-9;/h3-4,7,9,12H,2,5-6,15H2,1H3;1H/t9-,12+;/m0./s1. The monoisotopic (exact) mass is 289 g/mol. The van der Waals surface area contributed by atoms with E-state index in [-0.39, 0.29) is 30.3 Å². The van der Waals surface area contributed by atoms with Crippen molar-refractivity contribution < 1.29 is 9.53 Å². The minimum absolute atomic E-state index is 0. The molecule has 0 fully saturated rings. The summed E-state index contributed by atoms with van der Waals surface area (Å²) in [4.78, 5) is 11.7. The third-order valence-corrected chi connectivity index (χ3v) is 3.37. The summed E-state index contributed by atoms with van der Waals surface area (Å²) in [7, 11) is 0. The van der Waals surface area contributed by atoms with Crippen molar-refractivity contribution in [1.29, 1.82) is 0 Å². The van der Waals surface area contributed by atoms with E-state index in [2.05, 4.69) is 0 Å². The Morgan fingerprint density at radius 2 is 2.28 bits per heavy atom. The second kappa shape index (κ2) is 6.41. The molecule has 1 aliphatic rings. The first-order chi connectivity index (χ1) is 8.11. The number of esters is 1. The molecule has 0 radical (unpaired) electrons. The van der Waals surface area contributed by atoms with Crippen LogP contribution in [0.15, 0.2) is 18.2 Å². The van der Waals surface area contributed by atoms with Crippen LogP contribution in [0.4, 0.5) is 0 Å². The van der Waals surface area contributed by atoms with Crippen molar-refractivity contribution in [1.82, 2.24) is 0 Å². The van der Waals surface area contributed by atoms with E-state index in [0.717, 1.165) is 11.1 Å². The third-order valence-electron chi connectivity index (χ3n) is 3.13. The molecule has 1 aromatic carbocycles. The van der Waals surface area contributed by atoms with Crippen molar-refractivity contribution in [3.63, 3.8) is 0 Å². The second-order valence-corrected chi connectivity index (χ2v) is 4.77. The molecule has 5 heteroatoms. The Bertz CT molecular complexity index is 437. The minimum atomic E-state index is -0.149. The Kier molecular flexibility index (Phi) is 5.45. The predicted octanol–water partition coefficient (Wildman–Crippen LogP) is 2.89. The number of hydrogen-bond donors (Lipinski definition) is 1. The highest BCUT2D eigenvalue weighted by Crippen LogP contribution is 2.33. The molecule has 0 aliphatic heterocycles. The molecule has 1 aliphatic carbocycles. The lowest BCUT2D eigenvalue weighted by Crippen LogP contribution is -2.30. The molecule has 2 atom stereocenters. The number of nitrogens with two attached hydrogens (primary N) is 1. The van der Waals surface area contributed by atoms with Gasteiger partial charge in [0.1, 0.15) is 0 Å². The number of benzene rings is 1. The summed E-state index contributed by atoms with van der Waals surface area (Å²) in [5.74, 6) is -0.276. The molecule has 100 valence electrons. The third kappa shape index (κ3) is 3.16. The molecular weight excluding hydrogens is 273 g/mol. The summed E-state index contributed by atoms with van der Waals surface area (Å²) in [6, 6.07) is 5.54. The zero-order valence-corrected chi connectivity index (χ0v) is 11.8. The van der Waals surface area contributed by atoms with Gasteiger partial charge < -0.3 is 10.5 Å². The van der Waals surface area contributed by atoms with Crippen LogP contribution in [0.5, 0.6) is 0 Å². The summed E-state index contributed by atoms with van der Waals surface area (Å²) < 4.78 is 5.05. The van der Waals surface area contributed by atoms with Gasteiger partial charge in [0.15, 0.2) is 0 Å². The fourth-order valence-electron chi connectivity index (χ4n) is 2.32. The Labute approximate surface area is 118 Å². The molecule has 2 rings (SSSR count). The van der Waals surface area contributed by atoms with E-state index in [1.807, 2.05) is 25.1 Å². The highest BCUT2D eigenvalue weighted by molar-refractivity contribution is 6.30. The van der Waals surface area contributed by atoms with Crippen LogP contribution in [0.1, 0.15) is 30.5 Å². The summed E-state index contributed by atoms with van der Waals surface area (Å²) in [6.07, 6.45) is 1.32. The van der Waals surface area contributed by atoms with Gasteiger partial charge in [0.05, 0.1) is 12.5 Å². The van der Waals surface area contributed by atoms with Crippen molar-refractivity contribution in [3.05, 3.63) is 34.3 Å². The van der Waals surface area contributed by atoms with E-state index >= 15 is 0 Å². The van der Waals surface area contributed by atoms with Crippen molar-refractivity contribution in [2.75, 3.05) is 6.61 Å². The molecule has 3 nitrogen and oxygen atoms in total. The molecule has 0 saturated heterocycles. The van der Waals surface area contributed by atoms with Crippen LogP contribution in [0.3, 0.4) is 0 Å². The summed E-state index contributed by atoms with van der Waals surface area (Å²) in [5, 5.41) is 0.689. The van der Waals surface area contributed by atoms with Gasteiger partial charge in [-0.05, 0) is 43.0 Å². The van der Waals surface area contributed by atoms with E-state index in [1.165, 1.54) is 0 Å². The summed E-state index contributed by atoms with van der Waals surface area (Å²) in [5.41, 5.74) is 8.23. The number of fused-ring (bicyclic) bond motifs is 1. The molecule has 0 heterocycles. The van der Waals surface area contributed by atoms with Crippen molar-refractivity contribution in [2.24, 2.45) is 11.7 Å². The number of carbonyl (C=O) groups is 1. The van der Waals surface area contributed by atoms with E-state index < -0.39 is 0 Å². The maximum Gasteiger partial charge on any atom is 0.309 e. The maximum absolute atomic E-state index is 11.7. The van der Waals surface area contributed by atoms with Gasteiger partial charge in [-0.2, -0.15) is 0 Å². The van der Waals surface area contributed by atoms with Gasteiger partial charge in [0, 0.05) is 11.1 Å². The first-order valence-electron chi connectivity index (χ1n) is 5.82. The average molecular weight is 290 g/mol. The number of hydrogen-bond acceptors (Lipinski definition) is 3. The zero-order valence-electron chi connectivity index (χ0n) is 10.2. The van der Waals surface area contributed by atoms with Gasteiger partial charge in [-0.1, -0.05) is 17.7 Å². The van der Waals surface area contributed by atoms with E-state index in [0.29, 0.717) is 24.5 Å². The highest BCUT2D eigenvalue weighted by Gasteiger charge is 2.30. The summed E-state index contributed by atoms with van der Waals surface area (Å²) >= 11 is 5.94. The molecule has 0 bridgehead atoms. The largest absolute Gasteiger partial charge is 0.466 e. The van der Waals surface area contributed by atoms with Gasteiger partial charge >= 0.3 is 5.97 Å². The van der Waals surface area contributed by atoms with Gasteiger partial charge in [-0.3, -0.25) is 4.79 Å². The quantitative estimate of drug-likeness (QED) is 0.852. The molecule has 2 N–H and O–H groups in total. The Hall–Kier alpha value is -0.770. The molecule has 18 heavy (non-hydrogen) atoms.